The Bertz CT molecular complexity index is 677. The number of unbranched alkanes of at least 4 members (excludes halogenated alkanes) is 1. The summed E-state index contributed by atoms with van der Waals surface area (Å²) in [5.41, 5.74) is 0. The number of nitrogens with one attached hydrogen (secondary N) is 2. The van der Waals surface area contributed by atoms with Gasteiger partial charge in [-0.1, -0.05) is 0 Å². The minimum Gasteiger partial charge on any atom is -0.356 e. The van der Waals surface area contributed by atoms with Crippen LogP contribution in [0.4, 0.5) is 0 Å². The summed E-state index contributed by atoms with van der Waals surface area (Å²) in [6, 6.07) is 0.346. The van der Waals surface area contributed by atoms with Crippen LogP contribution in [0.5, 0.6) is 0 Å². The topological polar surface area (TPSA) is 84.9 Å². The summed E-state index contributed by atoms with van der Waals surface area (Å²) in [6.07, 6.45) is 9.74. The molecule has 0 saturated heterocycles. The van der Waals surface area contributed by atoms with Crippen molar-refractivity contribution in [2.45, 2.75) is 51.7 Å². The summed E-state index contributed by atoms with van der Waals surface area (Å²) in [5.74, 6) is 3.01. The Morgan fingerprint density at radius 1 is 1.36 bits per heavy atom. The number of imidazole rings is 1. The van der Waals surface area contributed by atoms with Crippen molar-refractivity contribution in [3.05, 3.63) is 30.4 Å². The van der Waals surface area contributed by atoms with Crippen molar-refractivity contribution in [1.82, 2.24) is 34.9 Å². The molecule has 25 heavy (non-hydrogen) atoms. The molecule has 8 nitrogen and oxygen atoms in total. The number of fused-ring (bicyclic) bond motifs is 1. The van der Waals surface area contributed by atoms with E-state index >= 15 is 0 Å². The van der Waals surface area contributed by atoms with Crippen LogP contribution in [0.3, 0.4) is 0 Å². The predicted molar refractivity (Wildman–Crippen MR) is 108 cm³/mol. The normalized spacial score (nSPS) is 16.9. The lowest BCUT2D eigenvalue weighted by atomic mass is 10.1. The lowest BCUT2D eigenvalue weighted by molar-refractivity contribution is 0.392. The highest BCUT2D eigenvalue weighted by Crippen LogP contribution is 2.11. The second kappa shape index (κ2) is 9.73. The number of hydrogen-bond acceptors (Lipinski definition) is 4. The lowest BCUT2D eigenvalue weighted by Crippen LogP contribution is -2.47. The standard InChI is InChI=1S/C16H26N8.HI/c1-13-18-8-10-23(13)9-4-3-7-19-16(17-2)22-14-5-6-15-20-12-21-24(15)11-14;/h8,10,12,14H,3-7,9,11H2,1-2H3,(H2,17,19,22);1H. The van der Waals surface area contributed by atoms with E-state index < -0.39 is 0 Å². The fourth-order valence-corrected chi connectivity index (χ4v) is 3.00. The maximum Gasteiger partial charge on any atom is 0.191 e. The van der Waals surface area contributed by atoms with E-state index in [9.17, 15) is 0 Å². The maximum atomic E-state index is 4.32. The van der Waals surface area contributed by atoms with Crippen molar-refractivity contribution in [3.8, 4) is 0 Å². The fraction of sp³-hybridized carbons (Fsp3) is 0.625. The first-order valence-electron chi connectivity index (χ1n) is 8.58. The van der Waals surface area contributed by atoms with Gasteiger partial charge in [0, 0.05) is 45.0 Å². The summed E-state index contributed by atoms with van der Waals surface area (Å²) < 4.78 is 4.16. The molecule has 0 saturated carbocycles. The number of aliphatic imine (C=N–C) groups is 1. The third kappa shape index (κ3) is 5.41. The molecular weight excluding hydrogens is 431 g/mol. The van der Waals surface area contributed by atoms with Crippen LogP contribution in [0.1, 0.15) is 30.9 Å². The maximum absolute atomic E-state index is 4.32. The van der Waals surface area contributed by atoms with Gasteiger partial charge >= 0.3 is 0 Å². The van der Waals surface area contributed by atoms with Crippen LogP contribution >= 0.6 is 24.0 Å². The molecule has 1 unspecified atom stereocenters. The van der Waals surface area contributed by atoms with Gasteiger partial charge in [-0.2, -0.15) is 5.10 Å². The van der Waals surface area contributed by atoms with Gasteiger partial charge in [-0.15, -0.1) is 24.0 Å². The first-order chi connectivity index (χ1) is 11.8. The number of aryl methyl sites for hydroxylation is 3. The monoisotopic (exact) mass is 458 g/mol. The van der Waals surface area contributed by atoms with E-state index in [2.05, 4.69) is 35.3 Å². The molecule has 0 bridgehead atoms. The minimum atomic E-state index is 0. The lowest BCUT2D eigenvalue weighted by Gasteiger charge is -2.25. The molecular formula is C16H27IN8. The summed E-state index contributed by atoms with van der Waals surface area (Å²) in [6.45, 7) is 4.80. The van der Waals surface area contributed by atoms with Crippen molar-refractivity contribution in [2.24, 2.45) is 4.99 Å². The van der Waals surface area contributed by atoms with Crippen LogP contribution in [0.25, 0.3) is 0 Å². The van der Waals surface area contributed by atoms with Gasteiger partial charge < -0.3 is 15.2 Å². The van der Waals surface area contributed by atoms with Crippen LogP contribution in [-0.2, 0) is 19.5 Å². The molecule has 0 amide bonds. The van der Waals surface area contributed by atoms with Crippen LogP contribution in [-0.4, -0.2) is 49.9 Å². The highest BCUT2D eigenvalue weighted by molar-refractivity contribution is 14.0. The highest BCUT2D eigenvalue weighted by atomic mass is 127. The van der Waals surface area contributed by atoms with Gasteiger partial charge in [-0.05, 0) is 26.2 Å². The number of halogens is 1. The summed E-state index contributed by atoms with van der Waals surface area (Å²) >= 11 is 0. The van der Waals surface area contributed by atoms with Crippen molar-refractivity contribution in [2.75, 3.05) is 13.6 Å². The van der Waals surface area contributed by atoms with Gasteiger partial charge in [0.1, 0.15) is 18.0 Å². The molecule has 0 fully saturated rings. The van der Waals surface area contributed by atoms with Gasteiger partial charge in [0.2, 0.25) is 0 Å². The highest BCUT2D eigenvalue weighted by Gasteiger charge is 2.20. The van der Waals surface area contributed by atoms with Gasteiger partial charge in [0.15, 0.2) is 5.96 Å². The van der Waals surface area contributed by atoms with E-state index in [0.717, 1.165) is 62.9 Å². The van der Waals surface area contributed by atoms with Gasteiger partial charge in [0.25, 0.3) is 0 Å². The van der Waals surface area contributed by atoms with Crippen LogP contribution in [0.2, 0.25) is 0 Å². The fourth-order valence-electron chi connectivity index (χ4n) is 3.00. The molecule has 2 aromatic heterocycles. The molecule has 2 aromatic rings. The molecule has 0 spiro atoms. The number of hydrogen-bond donors (Lipinski definition) is 2. The molecule has 1 aliphatic heterocycles. The number of nitrogens with zero attached hydrogens (tertiary/aromatic N) is 6. The zero-order valence-electron chi connectivity index (χ0n) is 14.9. The Kier molecular flexibility index (Phi) is 7.66. The summed E-state index contributed by atoms with van der Waals surface area (Å²) in [4.78, 5) is 12.8. The molecule has 1 atom stereocenters. The van der Waals surface area contributed by atoms with E-state index in [-0.39, 0.29) is 24.0 Å². The molecule has 3 rings (SSSR count). The summed E-state index contributed by atoms with van der Waals surface area (Å²) in [7, 11) is 1.81. The van der Waals surface area contributed by atoms with Crippen LogP contribution in [0.15, 0.2) is 23.7 Å². The van der Waals surface area contributed by atoms with Gasteiger partial charge in [-0.25, -0.2) is 14.6 Å². The number of guanidine groups is 1. The third-order valence-corrected chi connectivity index (χ3v) is 4.41. The molecule has 2 N–H and O–H groups in total. The Balaban J connectivity index is 0.00000225. The Hall–Kier alpha value is -1.65. The molecule has 0 aliphatic carbocycles. The molecule has 1 aliphatic rings. The Morgan fingerprint density at radius 2 is 2.24 bits per heavy atom. The smallest absolute Gasteiger partial charge is 0.191 e. The Morgan fingerprint density at radius 3 is 3.00 bits per heavy atom. The van der Waals surface area contributed by atoms with Crippen molar-refractivity contribution in [3.63, 3.8) is 0 Å². The van der Waals surface area contributed by atoms with E-state index in [1.807, 2.05) is 31.0 Å². The first-order valence-corrected chi connectivity index (χ1v) is 8.58. The average Bonchev–Trinajstić information content (AvgIpc) is 3.22. The molecule has 3 heterocycles. The van der Waals surface area contributed by atoms with E-state index in [0.29, 0.717) is 6.04 Å². The van der Waals surface area contributed by atoms with E-state index in [1.54, 1.807) is 6.33 Å². The zero-order valence-corrected chi connectivity index (χ0v) is 17.2. The molecule has 0 aromatic carbocycles. The quantitative estimate of drug-likeness (QED) is 0.296. The second-order valence-electron chi connectivity index (χ2n) is 6.11. The third-order valence-electron chi connectivity index (χ3n) is 4.41. The zero-order chi connectivity index (χ0) is 16.8. The first kappa shape index (κ1) is 19.7. The van der Waals surface area contributed by atoms with E-state index in [1.165, 1.54) is 0 Å². The van der Waals surface area contributed by atoms with Crippen molar-refractivity contribution < 1.29 is 0 Å². The van der Waals surface area contributed by atoms with Gasteiger partial charge in [0.05, 0.1) is 6.54 Å². The van der Waals surface area contributed by atoms with Gasteiger partial charge in [-0.3, -0.25) is 4.99 Å². The average molecular weight is 458 g/mol. The van der Waals surface area contributed by atoms with Crippen molar-refractivity contribution >= 4 is 29.9 Å². The van der Waals surface area contributed by atoms with Crippen molar-refractivity contribution in [1.29, 1.82) is 0 Å². The van der Waals surface area contributed by atoms with E-state index in [4.69, 9.17) is 0 Å². The predicted octanol–water partition coefficient (Wildman–Crippen LogP) is 1.36. The Labute approximate surface area is 165 Å². The minimum absolute atomic E-state index is 0. The molecule has 138 valence electrons. The number of aromatic nitrogens is 5. The second-order valence-corrected chi connectivity index (χ2v) is 6.11. The molecule has 0 radical (unpaired) electrons. The largest absolute Gasteiger partial charge is 0.356 e. The van der Waals surface area contributed by atoms with Crippen LogP contribution < -0.4 is 10.6 Å². The van der Waals surface area contributed by atoms with Crippen LogP contribution in [0, 0.1) is 6.92 Å². The summed E-state index contributed by atoms with van der Waals surface area (Å²) in [5, 5.41) is 11.1. The number of rotatable bonds is 6. The molecule has 9 heteroatoms. The SMILES string of the molecule is CN=C(NCCCCn1ccnc1C)NC1CCc2ncnn2C1.I.